The third-order valence-corrected chi connectivity index (χ3v) is 9.44. The van der Waals surface area contributed by atoms with Gasteiger partial charge in [0.05, 0.1) is 16.7 Å². The van der Waals surface area contributed by atoms with Crippen LogP contribution < -0.4 is 0 Å². The van der Waals surface area contributed by atoms with Crippen LogP contribution in [0.3, 0.4) is 0 Å². The van der Waals surface area contributed by atoms with E-state index in [1.807, 2.05) is 24.3 Å². The van der Waals surface area contributed by atoms with Crippen LogP contribution in [0.4, 0.5) is 0 Å². The van der Waals surface area contributed by atoms with Crippen LogP contribution in [0.15, 0.2) is 168 Å². The summed E-state index contributed by atoms with van der Waals surface area (Å²) in [5, 5.41) is 5.39. The lowest BCUT2D eigenvalue weighted by atomic mass is 10.0. The zero-order valence-electron chi connectivity index (χ0n) is 25.8. The van der Waals surface area contributed by atoms with E-state index in [2.05, 4.69) is 144 Å². The topological polar surface area (TPSA) is 43.9 Å². The Hall–Kier alpha value is -6.52. The molecule has 48 heavy (non-hydrogen) atoms. The van der Waals surface area contributed by atoms with E-state index < -0.39 is 0 Å². The molecule has 0 aliphatic heterocycles. The average Bonchev–Trinajstić information content (AvgIpc) is 3.71. The first-order chi connectivity index (χ1) is 23.8. The van der Waals surface area contributed by atoms with Gasteiger partial charge in [-0.2, -0.15) is 0 Å². The highest BCUT2D eigenvalue weighted by atomic mass is 16.3. The third-order valence-electron chi connectivity index (χ3n) is 9.44. The van der Waals surface area contributed by atoms with Gasteiger partial charge in [0, 0.05) is 32.5 Å². The monoisotopic (exact) mass is 613 g/mol. The van der Waals surface area contributed by atoms with E-state index in [-0.39, 0.29) is 0 Å². The van der Waals surface area contributed by atoms with E-state index in [0.29, 0.717) is 5.95 Å². The van der Waals surface area contributed by atoms with Crippen LogP contribution in [-0.4, -0.2) is 14.5 Å². The zero-order chi connectivity index (χ0) is 31.6. The van der Waals surface area contributed by atoms with Crippen molar-refractivity contribution in [3.05, 3.63) is 164 Å². The second-order valence-electron chi connectivity index (χ2n) is 12.2. The summed E-state index contributed by atoms with van der Waals surface area (Å²) in [7, 11) is 0. The first-order valence-corrected chi connectivity index (χ1v) is 16.2. The molecule has 224 valence electrons. The molecule has 0 bridgehead atoms. The van der Waals surface area contributed by atoms with Gasteiger partial charge in [0.25, 0.3) is 0 Å². The average molecular weight is 614 g/mol. The molecule has 0 aliphatic rings. The van der Waals surface area contributed by atoms with Gasteiger partial charge in [0.15, 0.2) is 5.58 Å². The van der Waals surface area contributed by atoms with Crippen molar-refractivity contribution in [1.82, 2.24) is 14.5 Å². The highest BCUT2D eigenvalue weighted by molar-refractivity contribution is 6.21. The summed E-state index contributed by atoms with van der Waals surface area (Å²) in [6.07, 6.45) is 0. The van der Waals surface area contributed by atoms with Crippen molar-refractivity contribution in [1.29, 1.82) is 0 Å². The summed E-state index contributed by atoms with van der Waals surface area (Å²) in [6, 6.07) is 57.2. The van der Waals surface area contributed by atoms with Crippen LogP contribution in [0.25, 0.3) is 94.1 Å². The fraction of sp³-hybridized carbons (Fsp3) is 0. The molecule has 0 unspecified atom stereocenters. The van der Waals surface area contributed by atoms with E-state index in [1.165, 1.54) is 16.7 Å². The minimum Gasteiger partial charge on any atom is -0.454 e. The number of furan rings is 1. The fourth-order valence-electron chi connectivity index (χ4n) is 7.13. The number of hydrogen-bond donors (Lipinski definition) is 0. The largest absolute Gasteiger partial charge is 0.454 e. The van der Waals surface area contributed by atoms with Gasteiger partial charge in [0.1, 0.15) is 11.1 Å². The Labute approximate surface area is 276 Å². The smallest absolute Gasteiger partial charge is 0.235 e. The number of rotatable bonds is 4. The minimum absolute atomic E-state index is 0.608. The zero-order valence-corrected chi connectivity index (χ0v) is 25.8. The molecule has 0 saturated heterocycles. The lowest BCUT2D eigenvalue weighted by Crippen LogP contribution is -2.03. The SMILES string of the molecule is c1ccc(-c2ccc(-c3nc(-n4c5ccc(-c6ccccc6)cc5c5ccc6c7ccccc7oc6c54)nc4ccccc34)cc2)cc1. The molecule has 0 N–H and O–H groups in total. The molecule has 10 aromatic rings. The molecule has 0 atom stereocenters. The van der Waals surface area contributed by atoms with Gasteiger partial charge in [-0.1, -0.05) is 133 Å². The molecule has 0 saturated carbocycles. The van der Waals surface area contributed by atoms with Crippen LogP contribution in [0.1, 0.15) is 0 Å². The molecule has 0 fully saturated rings. The molecule has 0 spiro atoms. The Morgan fingerprint density at radius 1 is 0.417 bits per heavy atom. The lowest BCUT2D eigenvalue weighted by Gasteiger charge is -2.12. The predicted molar refractivity (Wildman–Crippen MR) is 197 cm³/mol. The molecule has 4 nitrogen and oxygen atoms in total. The van der Waals surface area contributed by atoms with Crippen LogP contribution in [0, 0.1) is 0 Å². The molecule has 3 aromatic heterocycles. The number of para-hydroxylation sites is 2. The molecule has 0 radical (unpaired) electrons. The van der Waals surface area contributed by atoms with Crippen LogP contribution in [0.2, 0.25) is 0 Å². The quantitative estimate of drug-likeness (QED) is 0.198. The number of aromatic nitrogens is 3. The molecule has 0 aliphatic carbocycles. The molecular weight excluding hydrogens is 587 g/mol. The Morgan fingerprint density at radius 3 is 1.81 bits per heavy atom. The first-order valence-electron chi connectivity index (χ1n) is 16.2. The summed E-state index contributed by atoms with van der Waals surface area (Å²) < 4.78 is 8.85. The highest BCUT2D eigenvalue weighted by Gasteiger charge is 2.22. The van der Waals surface area contributed by atoms with Crippen LogP contribution >= 0.6 is 0 Å². The summed E-state index contributed by atoms with van der Waals surface area (Å²) in [5.74, 6) is 0.608. The van der Waals surface area contributed by atoms with Crippen molar-refractivity contribution in [3.8, 4) is 39.5 Å². The normalized spacial score (nSPS) is 11.8. The summed E-state index contributed by atoms with van der Waals surface area (Å²) in [4.78, 5) is 10.6. The van der Waals surface area contributed by atoms with E-state index in [1.54, 1.807) is 0 Å². The van der Waals surface area contributed by atoms with Gasteiger partial charge in [-0.15, -0.1) is 0 Å². The molecule has 10 rings (SSSR count). The van der Waals surface area contributed by atoms with Gasteiger partial charge in [-0.25, -0.2) is 9.97 Å². The number of benzene rings is 7. The fourth-order valence-corrected chi connectivity index (χ4v) is 7.13. The van der Waals surface area contributed by atoms with Crippen molar-refractivity contribution in [3.63, 3.8) is 0 Å². The minimum atomic E-state index is 0.608. The highest BCUT2D eigenvalue weighted by Crippen LogP contribution is 2.41. The van der Waals surface area contributed by atoms with Crippen molar-refractivity contribution in [2.24, 2.45) is 0 Å². The summed E-state index contributed by atoms with van der Waals surface area (Å²) in [5.41, 5.74) is 11.2. The molecule has 3 heterocycles. The van der Waals surface area contributed by atoms with Crippen molar-refractivity contribution < 1.29 is 4.42 Å². The van der Waals surface area contributed by atoms with Crippen LogP contribution in [-0.2, 0) is 0 Å². The van der Waals surface area contributed by atoms with Gasteiger partial charge in [0.2, 0.25) is 5.95 Å². The Bertz CT molecular complexity index is 2810. The van der Waals surface area contributed by atoms with Gasteiger partial charge in [-0.05, 0) is 52.6 Å². The number of nitrogens with zero attached hydrogens (tertiary/aromatic N) is 3. The van der Waals surface area contributed by atoms with Crippen molar-refractivity contribution in [2.45, 2.75) is 0 Å². The Balaban J connectivity index is 1.27. The lowest BCUT2D eigenvalue weighted by molar-refractivity contribution is 0.671. The van der Waals surface area contributed by atoms with E-state index in [0.717, 1.165) is 71.5 Å². The number of fused-ring (bicyclic) bond motifs is 8. The van der Waals surface area contributed by atoms with Gasteiger partial charge >= 0.3 is 0 Å². The molecular formula is C44H27N3O. The Kier molecular flexibility index (Phi) is 5.84. The molecule has 0 amide bonds. The predicted octanol–water partition coefficient (Wildman–Crippen LogP) is 11.6. The Morgan fingerprint density at radius 2 is 1.02 bits per heavy atom. The molecule has 7 aromatic carbocycles. The summed E-state index contributed by atoms with van der Waals surface area (Å²) in [6.45, 7) is 0. The first kappa shape index (κ1) is 26.7. The summed E-state index contributed by atoms with van der Waals surface area (Å²) >= 11 is 0. The maximum atomic E-state index is 6.65. The second-order valence-corrected chi connectivity index (χ2v) is 12.2. The molecule has 4 heteroatoms. The third kappa shape index (κ3) is 4.10. The van der Waals surface area contributed by atoms with Crippen molar-refractivity contribution >= 4 is 54.6 Å². The number of hydrogen-bond acceptors (Lipinski definition) is 3. The maximum Gasteiger partial charge on any atom is 0.235 e. The maximum absolute atomic E-state index is 6.65. The second kappa shape index (κ2) is 10.5. The van der Waals surface area contributed by atoms with E-state index in [9.17, 15) is 0 Å². The van der Waals surface area contributed by atoms with Gasteiger partial charge in [-0.3, -0.25) is 4.57 Å². The standard InChI is InChI=1S/C44H27N3O/c1-3-11-28(12-4-1)30-19-21-31(22-20-30)41-36-16-7-9-17-38(36)45-44(46-41)47-39-26-23-32(29-13-5-2-6-14-29)27-37(39)34-24-25-35-33-15-8-10-18-40(33)48-43(35)42(34)47/h1-27H. The van der Waals surface area contributed by atoms with Crippen molar-refractivity contribution in [2.75, 3.05) is 0 Å². The van der Waals surface area contributed by atoms with E-state index >= 15 is 0 Å². The van der Waals surface area contributed by atoms with E-state index in [4.69, 9.17) is 14.4 Å². The van der Waals surface area contributed by atoms with Crippen LogP contribution in [0.5, 0.6) is 0 Å². The van der Waals surface area contributed by atoms with Gasteiger partial charge < -0.3 is 4.42 Å².